The number of ether oxygens (including phenoxy) is 1. The Morgan fingerprint density at radius 2 is 1.88 bits per heavy atom. The number of hydrogen-bond acceptors (Lipinski definition) is 5. The van der Waals surface area contributed by atoms with Gasteiger partial charge in [-0.1, -0.05) is 17.7 Å². The highest BCUT2D eigenvalue weighted by atomic mass is 16.5. The van der Waals surface area contributed by atoms with Crippen LogP contribution in [-0.2, 0) is 4.74 Å². The number of nitrogens with zero attached hydrogens (tertiary/aromatic N) is 2. The van der Waals surface area contributed by atoms with E-state index in [1.165, 1.54) is 5.56 Å². The van der Waals surface area contributed by atoms with E-state index in [1.807, 2.05) is 20.8 Å². The third kappa shape index (κ3) is 4.38. The molecule has 1 saturated heterocycles. The molecule has 138 valence electrons. The van der Waals surface area contributed by atoms with Gasteiger partial charge in [-0.15, -0.1) is 0 Å². The molecule has 1 aliphatic heterocycles. The Balaban J connectivity index is 1.76. The lowest BCUT2D eigenvalue weighted by atomic mass is 10.1. The molecule has 26 heavy (non-hydrogen) atoms. The summed E-state index contributed by atoms with van der Waals surface area (Å²) in [6, 6.07) is 5.92. The first-order valence-electron chi connectivity index (χ1n) is 9.03. The fourth-order valence-electron chi connectivity index (χ4n) is 3.33. The Bertz CT molecular complexity index is 790. The molecule has 0 aliphatic carbocycles. The first-order chi connectivity index (χ1) is 12.4. The normalized spacial score (nSPS) is 16.5. The summed E-state index contributed by atoms with van der Waals surface area (Å²) in [5, 5.41) is 6.18. The summed E-state index contributed by atoms with van der Waals surface area (Å²) in [5.41, 5.74) is 5.54. The molecule has 1 fully saturated rings. The minimum Gasteiger partial charge on any atom is -0.376 e. The van der Waals surface area contributed by atoms with Crippen LogP contribution in [0.5, 0.6) is 0 Å². The molecule has 0 spiro atoms. The van der Waals surface area contributed by atoms with Crippen LogP contribution in [0.1, 0.15) is 45.7 Å². The maximum absolute atomic E-state index is 12.5. The maximum Gasteiger partial charge on any atom is 0.270 e. The van der Waals surface area contributed by atoms with Gasteiger partial charge < -0.3 is 15.4 Å². The zero-order valence-corrected chi connectivity index (χ0v) is 15.8. The molecular weight excluding hydrogens is 328 g/mol. The van der Waals surface area contributed by atoms with Gasteiger partial charge >= 0.3 is 0 Å². The predicted octanol–water partition coefficient (Wildman–Crippen LogP) is 3.36. The van der Waals surface area contributed by atoms with Gasteiger partial charge in [-0.25, -0.2) is 9.97 Å². The van der Waals surface area contributed by atoms with Crippen molar-refractivity contribution >= 4 is 17.5 Å². The summed E-state index contributed by atoms with van der Waals surface area (Å²) in [4.78, 5) is 21.3. The molecule has 1 aromatic carbocycles. The number of rotatable bonds is 5. The van der Waals surface area contributed by atoms with Crippen LogP contribution in [0.2, 0.25) is 0 Å². The lowest BCUT2D eigenvalue weighted by Gasteiger charge is -2.14. The summed E-state index contributed by atoms with van der Waals surface area (Å²) in [7, 11) is 0. The van der Waals surface area contributed by atoms with E-state index in [-0.39, 0.29) is 12.0 Å². The van der Waals surface area contributed by atoms with E-state index in [0.29, 0.717) is 18.2 Å². The van der Waals surface area contributed by atoms with Crippen molar-refractivity contribution in [3.63, 3.8) is 0 Å². The Labute approximate surface area is 154 Å². The molecule has 2 aromatic rings. The van der Waals surface area contributed by atoms with Crippen LogP contribution >= 0.6 is 0 Å². The fraction of sp³-hybridized carbons (Fsp3) is 0.450. The molecule has 1 aliphatic rings. The highest BCUT2D eigenvalue weighted by molar-refractivity contribution is 5.92. The minimum absolute atomic E-state index is 0.109. The smallest absolute Gasteiger partial charge is 0.270 e. The molecule has 6 nitrogen and oxygen atoms in total. The van der Waals surface area contributed by atoms with E-state index in [1.54, 1.807) is 6.07 Å². The van der Waals surface area contributed by atoms with Gasteiger partial charge in [0.2, 0.25) is 5.95 Å². The molecule has 0 bridgehead atoms. The number of aromatic nitrogens is 2. The zero-order chi connectivity index (χ0) is 18.7. The van der Waals surface area contributed by atoms with Gasteiger partial charge in [-0.05, 0) is 57.7 Å². The monoisotopic (exact) mass is 354 g/mol. The van der Waals surface area contributed by atoms with Crippen molar-refractivity contribution in [1.29, 1.82) is 0 Å². The van der Waals surface area contributed by atoms with Gasteiger partial charge in [-0.3, -0.25) is 4.79 Å². The second-order valence-electron chi connectivity index (χ2n) is 6.96. The average Bonchev–Trinajstić information content (AvgIpc) is 3.09. The second-order valence-corrected chi connectivity index (χ2v) is 6.96. The number of hydrogen-bond donors (Lipinski definition) is 2. The molecular formula is C20H26N4O2. The summed E-state index contributed by atoms with van der Waals surface area (Å²) in [5.74, 6) is 0.230. The quantitative estimate of drug-likeness (QED) is 0.861. The first-order valence-corrected chi connectivity index (χ1v) is 9.03. The van der Waals surface area contributed by atoms with Gasteiger partial charge in [0.15, 0.2) is 0 Å². The standard InChI is InChI=1S/C20H26N4O2/c1-12-8-13(2)18(14(3)9-12)24-20-22-15(4)10-17(23-20)19(25)21-11-16-6-5-7-26-16/h8-10,16H,5-7,11H2,1-4H3,(H,21,25)(H,22,23,24). The predicted molar refractivity (Wildman–Crippen MR) is 102 cm³/mol. The number of carbonyl (C=O) groups excluding carboxylic acids is 1. The summed E-state index contributed by atoms with van der Waals surface area (Å²) in [6.45, 7) is 9.32. The van der Waals surface area contributed by atoms with Crippen molar-refractivity contribution in [2.45, 2.75) is 46.6 Å². The Kier molecular flexibility index (Phi) is 5.52. The third-order valence-electron chi connectivity index (χ3n) is 4.51. The lowest BCUT2D eigenvalue weighted by molar-refractivity contribution is 0.0853. The van der Waals surface area contributed by atoms with Crippen LogP contribution in [-0.4, -0.2) is 35.1 Å². The summed E-state index contributed by atoms with van der Waals surface area (Å²) < 4.78 is 5.54. The Hall–Kier alpha value is -2.47. The average molecular weight is 354 g/mol. The SMILES string of the molecule is Cc1cc(C)c(Nc2nc(C)cc(C(=O)NCC3CCCO3)n2)c(C)c1. The third-order valence-corrected chi connectivity index (χ3v) is 4.51. The van der Waals surface area contributed by atoms with E-state index in [9.17, 15) is 4.79 Å². The van der Waals surface area contributed by atoms with Crippen molar-refractivity contribution in [3.05, 3.63) is 46.3 Å². The molecule has 0 saturated carbocycles. The van der Waals surface area contributed by atoms with Gasteiger partial charge in [-0.2, -0.15) is 0 Å². The van der Waals surface area contributed by atoms with E-state index >= 15 is 0 Å². The molecule has 3 rings (SSSR count). The van der Waals surface area contributed by atoms with Crippen LogP contribution in [0.15, 0.2) is 18.2 Å². The van der Waals surface area contributed by atoms with E-state index in [0.717, 1.165) is 42.0 Å². The van der Waals surface area contributed by atoms with Gasteiger partial charge in [0.05, 0.1) is 6.10 Å². The zero-order valence-electron chi connectivity index (χ0n) is 15.8. The lowest BCUT2D eigenvalue weighted by Crippen LogP contribution is -2.32. The van der Waals surface area contributed by atoms with Crippen molar-refractivity contribution in [1.82, 2.24) is 15.3 Å². The fourth-order valence-corrected chi connectivity index (χ4v) is 3.33. The second kappa shape index (κ2) is 7.83. The van der Waals surface area contributed by atoms with E-state index < -0.39 is 0 Å². The highest BCUT2D eigenvalue weighted by Gasteiger charge is 2.18. The van der Waals surface area contributed by atoms with E-state index in [4.69, 9.17) is 4.74 Å². The number of benzene rings is 1. The number of aryl methyl sites for hydroxylation is 4. The van der Waals surface area contributed by atoms with Gasteiger partial charge in [0.1, 0.15) is 5.69 Å². The minimum atomic E-state index is -0.202. The van der Waals surface area contributed by atoms with Crippen molar-refractivity contribution in [3.8, 4) is 0 Å². The Morgan fingerprint density at radius 1 is 1.15 bits per heavy atom. The summed E-state index contributed by atoms with van der Waals surface area (Å²) >= 11 is 0. The molecule has 1 unspecified atom stereocenters. The highest BCUT2D eigenvalue weighted by Crippen LogP contribution is 2.24. The number of anilines is 2. The number of amides is 1. The van der Waals surface area contributed by atoms with Gasteiger partial charge in [0, 0.05) is 24.5 Å². The van der Waals surface area contributed by atoms with Crippen LogP contribution in [0.25, 0.3) is 0 Å². The van der Waals surface area contributed by atoms with E-state index in [2.05, 4.69) is 39.7 Å². The largest absolute Gasteiger partial charge is 0.376 e. The van der Waals surface area contributed by atoms with Crippen LogP contribution in [0.4, 0.5) is 11.6 Å². The molecule has 2 heterocycles. The number of nitrogens with one attached hydrogen (secondary N) is 2. The molecule has 1 atom stereocenters. The van der Waals surface area contributed by atoms with Crippen LogP contribution < -0.4 is 10.6 Å². The maximum atomic E-state index is 12.5. The molecule has 6 heteroatoms. The first kappa shape index (κ1) is 18.3. The molecule has 1 amide bonds. The molecule has 2 N–H and O–H groups in total. The van der Waals surface area contributed by atoms with Gasteiger partial charge in [0.25, 0.3) is 5.91 Å². The van der Waals surface area contributed by atoms with Crippen LogP contribution in [0, 0.1) is 27.7 Å². The van der Waals surface area contributed by atoms with Crippen molar-refractivity contribution in [2.75, 3.05) is 18.5 Å². The number of carbonyl (C=O) groups is 1. The van der Waals surface area contributed by atoms with Crippen molar-refractivity contribution < 1.29 is 9.53 Å². The Morgan fingerprint density at radius 3 is 2.54 bits per heavy atom. The van der Waals surface area contributed by atoms with Crippen molar-refractivity contribution in [2.24, 2.45) is 0 Å². The molecule has 1 aromatic heterocycles. The molecule has 0 radical (unpaired) electrons. The van der Waals surface area contributed by atoms with Crippen LogP contribution in [0.3, 0.4) is 0 Å². The topological polar surface area (TPSA) is 76.1 Å². The summed E-state index contributed by atoms with van der Waals surface area (Å²) in [6.07, 6.45) is 2.15.